The molecule has 0 atom stereocenters. The molecule has 0 saturated heterocycles. The lowest BCUT2D eigenvalue weighted by Crippen LogP contribution is -2.24. The van der Waals surface area contributed by atoms with Gasteiger partial charge >= 0.3 is 0 Å². The van der Waals surface area contributed by atoms with E-state index in [0.29, 0.717) is 34.0 Å². The molecule has 0 fully saturated rings. The number of carbonyl (C=O) groups is 1. The highest BCUT2D eigenvalue weighted by molar-refractivity contribution is 7.98. The van der Waals surface area contributed by atoms with Crippen LogP contribution in [0.4, 0.5) is 0 Å². The molecular weight excluding hydrogens is 465 g/mol. The van der Waals surface area contributed by atoms with Gasteiger partial charge in [0.15, 0.2) is 11.0 Å². The number of unbranched alkanes of at least 4 members (excludes halogenated alkanes) is 2. The van der Waals surface area contributed by atoms with Crippen molar-refractivity contribution in [1.29, 1.82) is 0 Å². The molecule has 170 valence electrons. The second kappa shape index (κ2) is 12.3. The lowest BCUT2D eigenvalue weighted by Gasteiger charge is -2.13. The van der Waals surface area contributed by atoms with Gasteiger partial charge in [-0.05, 0) is 55.6 Å². The van der Waals surface area contributed by atoms with Gasteiger partial charge in [-0.1, -0.05) is 65.7 Å². The largest absolute Gasteiger partial charge is 0.349 e. The normalized spacial score (nSPS) is 11.0. The van der Waals surface area contributed by atoms with Gasteiger partial charge in [-0.2, -0.15) is 0 Å². The molecule has 0 aliphatic rings. The van der Waals surface area contributed by atoms with E-state index in [0.717, 1.165) is 30.7 Å². The number of thioether (sulfide) groups is 1. The maximum absolute atomic E-state index is 12.2. The molecule has 3 N–H and O–H groups in total. The van der Waals surface area contributed by atoms with Crippen LogP contribution in [0.2, 0.25) is 10.0 Å². The molecular formula is C23H27Cl2N5OS. The second-order valence-electron chi connectivity index (χ2n) is 7.42. The summed E-state index contributed by atoms with van der Waals surface area (Å²) in [5, 5.41) is 13.4. The van der Waals surface area contributed by atoms with Crippen molar-refractivity contribution in [3.63, 3.8) is 0 Å². The Hall–Kier alpha value is -2.06. The summed E-state index contributed by atoms with van der Waals surface area (Å²) in [5.74, 6) is 1.33. The summed E-state index contributed by atoms with van der Waals surface area (Å²) in [6.07, 6.45) is 3.15. The summed E-state index contributed by atoms with van der Waals surface area (Å²) >= 11 is 14.2. The van der Waals surface area contributed by atoms with Crippen LogP contribution < -0.4 is 11.1 Å². The van der Waals surface area contributed by atoms with Gasteiger partial charge in [0.2, 0.25) is 5.91 Å². The summed E-state index contributed by atoms with van der Waals surface area (Å²) in [4.78, 5) is 12.2. The zero-order valence-corrected chi connectivity index (χ0v) is 20.3. The number of aryl methyl sites for hydroxylation is 1. The smallest absolute Gasteiger partial charge is 0.220 e. The van der Waals surface area contributed by atoms with E-state index in [9.17, 15) is 4.79 Å². The Balaban J connectivity index is 1.79. The van der Waals surface area contributed by atoms with Crippen LogP contribution in [0, 0.1) is 6.92 Å². The van der Waals surface area contributed by atoms with Gasteiger partial charge < -0.3 is 11.1 Å². The van der Waals surface area contributed by atoms with Crippen molar-refractivity contribution < 1.29 is 4.79 Å². The summed E-state index contributed by atoms with van der Waals surface area (Å²) < 4.78 is 1.89. The standard InChI is InChI=1S/C23H27Cl2N5OS/c1-16-7-4-5-8-17(16)15-32-23-29-28-21(14-27-22(31)9-3-2-6-12-26)30(23)20-11-10-18(24)13-19(20)25/h4-5,7-8,10-11,13H,2-3,6,9,12,14-15,26H2,1H3,(H,27,31). The van der Waals surface area contributed by atoms with E-state index in [1.807, 2.05) is 22.8 Å². The molecule has 0 spiro atoms. The quantitative estimate of drug-likeness (QED) is 0.280. The molecule has 9 heteroatoms. The minimum absolute atomic E-state index is 0.0205. The first kappa shape index (κ1) is 24.6. The average Bonchev–Trinajstić information content (AvgIpc) is 3.17. The summed E-state index contributed by atoms with van der Waals surface area (Å²) in [6, 6.07) is 13.5. The molecule has 0 bridgehead atoms. The number of amides is 1. The Morgan fingerprint density at radius 2 is 1.94 bits per heavy atom. The molecule has 0 saturated carbocycles. The third-order valence-corrected chi connectivity index (χ3v) is 6.54. The van der Waals surface area contributed by atoms with Gasteiger partial charge in [0.1, 0.15) is 0 Å². The third kappa shape index (κ3) is 6.72. The molecule has 6 nitrogen and oxygen atoms in total. The lowest BCUT2D eigenvalue weighted by atomic mass is 10.1. The van der Waals surface area contributed by atoms with Gasteiger partial charge in [-0.25, -0.2) is 0 Å². The average molecular weight is 492 g/mol. The summed E-state index contributed by atoms with van der Waals surface area (Å²) in [6.45, 7) is 2.99. The Labute approximate surface area is 202 Å². The highest BCUT2D eigenvalue weighted by atomic mass is 35.5. The minimum Gasteiger partial charge on any atom is -0.349 e. The predicted molar refractivity (Wildman–Crippen MR) is 131 cm³/mol. The van der Waals surface area contributed by atoms with Gasteiger partial charge in [0.05, 0.1) is 17.3 Å². The monoisotopic (exact) mass is 491 g/mol. The van der Waals surface area contributed by atoms with Gasteiger partial charge in [0.25, 0.3) is 0 Å². The number of benzene rings is 2. The maximum atomic E-state index is 12.2. The lowest BCUT2D eigenvalue weighted by molar-refractivity contribution is -0.121. The van der Waals surface area contributed by atoms with Crippen LogP contribution in [0.15, 0.2) is 47.6 Å². The molecule has 0 radical (unpaired) electrons. The Morgan fingerprint density at radius 3 is 2.69 bits per heavy atom. The molecule has 1 aromatic heterocycles. The SMILES string of the molecule is Cc1ccccc1CSc1nnc(CNC(=O)CCCCCN)n1-c1ccc(Cl)cc1Cl. The van der Waals surface area contributed by atoms with Crippen LogP contribution in [0.3, 0.4) is 0 Å². The van der Waals surface area contributed by atoms with Crippen molar-refractivity contribution in [3.8, 4) is 5.69 Å². The molecule has 0 aliphatic carbocycles. The van der Waals surface area contributed by atoms with E-state index >= 15 is 0 Å². The number of hydrogen-bond acceptors (Lipinski definition) is 5. The number of carbonyl (C=O) groups excluding carboxylic acids is 1. The Bertz CT molecular complexity index is 1060. The van der Waals surface area contributed by atoms with Crippen LogP contribution in [0.1, 0.15) is 42.6 Å². The first-order valence-electron chi connectivity index (χ1n) is 10.5. The number of rotatable bonds is 11. The van der Waals surface area contributed by atoms with E-state index in [-0.39, 0.29) is 12.5 Å². The minimum atomic E-state index is -0.0205. The number of nitrogens with zero attached hydrogens (tertiary/aromatic N) is 3. The van der Waals surface area contributed by atoms with E-state index in [1.54, 1.807) is 23.9 Å². The molecule has 2 aromatic carbocycles. The van der Waals surface area contributed by atoms with Gasteiger partial charge in [0, 0.05) is 17.2 Å². The van der Waals surface area contributed by atoms with Crippen molar-refractivity contribution >= 4 is 40.9 Å². The number of halogens is 2. The number of aromatic nitrogens is 3. The second-order valence-corrected chi connectivity index (χ2v) is 9.21. The zero-order valence-electron chi connectivity index (χ0n) is 18.0. The number of nitrogens with two attached hydrogens (primary N) is 1. The highest BCUT2D eigenvalue weighted by Crippen LogP contribution is 2.31. The molecule has 0 unspecified atom stereocenters. The van der Waals surface area contributed by atoms with E-state index in [1.165, 1.54) is 11.1 Å². The van der Waals surface area contributed by atoms with Gasteiger partial charge in [-0.3, -0.25) is 9.36 Å². The Morgan fingerprint density at radius 1 is 1.12 bits per heavy atom. The highest BCUT2D eigenvalue weighted by Gasteiger charge is 2.18. The number of hydrogen-bond donors (Lipinski definition) is 2. The molecule has 1 amide bonds. The van der Waals surface area contributed by atoms with Crippen LogP contribution in [-0.4, -0.2) is 27.2 Å². The van der Waals surface area contributed by atoms with Gasteiger partial charge in [-0.15, -0.1) is 10.2 Å². The van der Waals surface area contributed by atoms with Crippen molar-refractivity contribution in [1.82, 2.24) is 20.1 Å². The Kier molecular flexibility index (Phi) is 9.41. The molecule has 32 heavy (non-hydrogen) atoms. The van der Waals surface area contributed by atoms with Crippen LogP contribution in [0.5, 0.6) is 0 Å². The van der Waals surface area contributed by atoms with Crippen LogP contribution in [0.25, 0.3) is 5.69 Å². The van der Waals surface area contributed by atoms with Crippen molar-refractivity contribution in [2.45, 2.75) is 50.1 Å². The molecule has 3 rings (SSSR count). The zero-order chi connectivity index (χ0) is 22.9. The molecule has 0 aliphatic heterocycles. The fourth-order valence-corrected chi connectivity index (χ4v) is 4.73. The predicted octanol–water partition coefficient (Wildman–Crippen LogP) is 5.31. The van der Waals surface area contributed by atoms with E-state index < -0.39 is 0 Å². The van der Waals surface area contributed by atoms with Crippen LogP contribution in [-0.2, 0) is 17.1 Å². The van der Waals surface area contributed by atoms with E-state index in [4.69, 9.17) is 28.9 Å². The topological polar surface area (TPSA) is 85.8 Å². The van der Waals surface area contributed by atoms with Crippen LogP contribution >= 0.6 is 35.0 Å². The van der Waals surface area contributed by atoms with Crippen molar-refractivity contribution in [2.75, 3.05) is 6.54 Å². The molecule has 1 heterocycles. The number of nitrogens with one attached hydrogen (secondary N) is 1. The fraction of sp³-hybridized carbons (Fsp3) is 0.348. The maximum Gasteiger partial charge on any atom is 0.220 e. The third-order valence-electron chi connectivity index (χ3n) is 5.02. The fourth-order valence-electron chi connectivity index (χ4n) is 3.20. The first-order valence-corrected chi connectivity index (χ1v) is 12.3. The van der Waals surface area contributed by atoms with Crippen molar-refractivity contribution in [3.05, 3.63) is 69.5 Å². The van der Waals surface area contributed by atoms with E-state index in [2.05, 4.69) is 34.6 Å². The van der Waals surface area contributed by atoms with Crippen molar-refractivity contribution in [2.24, 2.45) is 5.73 Å². The first-order chi connectivity index (χ1) is 15.5. The summed E-state index contributed by atoms with van der Waals surface area (Å²) in [7, 11) is 0. The molecule has 3 aromatic rings. The summed E-state index contributed by atoms with van der Waals surface area (Å²) in [5.41, 5.74) is 8.67.